The zero-order valence-electron chi connectivity index (χ0n) is 11.1. The Kier molecular flexibility index (Phi) is 4.04. The van der Waals surface area contributed by atoms with Crippen LogP contribution in [0, 0.1) is 6.92 Å². The number of nitrogens with one attached hydrogen (secondary N) is 1. The van der Waals surface area contributed by atoms with E-state index in [2.05, 4.69) is 40.3 Å². The molecule has 0 radical (unpaired) electrons. The second kappa shape index (κ2) is 5.73. The van der Waals surface area contributed by atoms with Gasteiger partial charge in [0.25, 0.3) is 0 Å². The molecule has 0 saturated carbocycles. The van der Waals surface area contributed by atoms with Crippen LogP contribution in [0.4, 0.5) is 0 Å². The van der Waals surface area contributed by atoms with Gasteiger partial charge in [-0.15, -0.1) is 0 Å². The van der Waals surface area contributed by atoms with Gasteiger partial charge in [0.2, 0.25) is 0 Å². The van der Waals surface area contributed by atoms with Crippen molar-refractivity contribution >= 4 is 0 Å². The number of hydrogen-bond acceptors (Lipinski definition) is 4. The third-order valence-corrected chi connectivity index (χ3v) is 3.08. The molecule has 0 aromatic carbocycles. The van der Waals surface area contributed by atoms with E-state index in [1.165, 1.54) is 11.1 Å². The molecule has 1 unspecified atom stereocenters. The number of aromatic nitrogens is 4. The van der Waals surface area contributed by atoms with Crippen LogP contribution in [0.5, 0.6) is 0 Å². The van der Waals surface area contributed by atoms with Gasteiger partial charge in [0.1, 0.15) is 12.2 Å². The van der Waals surface area contributed by atoms with Crippen LogP contribution < -0.4 is 5.32 Å². The Morgan fingerprint density at radius 1 is 1.44 bits per heavy atom. The Morgan fingerprint density at radius 3 is 2.89 bits per heavy atom. The third-order valence-electron chi connectivity index (χ3n) is 3.08. The summed E-state index contributed by atoms with van der Waals surface area (Å²) in [5.41, 5.74) is 2.47. The molecule has 1 N–H and O–H groups in total. The van der Waals surface area contributed by atoms with Gasteiger partial charge < -0.3 is 5.32 Å². The maximum atomic E-state index is 4.29. The highest BCUT2D eigenvalue weighted by Crippen LogP contribution is 2.19. The Labute approximate surface area is 107 Å². The molecule has 1 atom stereocenters. The fourth-order valence-corrected chi connectivity index (χ4v) is 2.10. The van der Waals surface area contributed by atoms with E-state index < -0.39 is 0 Å². The molecular weight excluding hydrogens is 226 g/mol. The molecule has 0 amide bonds. The van der Waals surface area contributed by atoms with E-state index in [1.807, 2.05) is 24.1 Å². The van der Waals surface area contributed by atoms with Crippen molar-refractivity contribution in [2.24, 2.45) is 7.05 Å². The summed E-state index contributed by atoms with van der Waals surface area (Å²) in [5, 5.41) is 7.61. The normalized spacial score (nSPS) is 12.6. The Bertz CT molecular complexity index is 506. The lowest BCUT2D eigenvalue weighted by Crippen LogP contribution is -2.25. The van der Waals surface area contributed by atoms with Gasteiger partial charge in [-0.25, -0.2) is 4.98 Å². The minimum Gasteiger partial charge on any atom is -0.310 e. The van der Waals surface area contributed by atoms with Crippen LogP contribution in [0.15, 0.2) is 24.8 Å². The summed E-state index contributed by atoms with van der Waals surface area (Å²) in [6, 6.07) is 2.32. The van der Waals surface area contributed by atoms with E-state index >= 15 is 0 Å². The van der Waals surface area contributed by atoms with Gasteiger partial charge in [0.15, 0.2) is 0 Å². The Balaban J connectivity index is 2.24. The van der Waals surface area contributed by atoms with Gasteiger partial charge in [-0.05, 0) is 30.7 Å². The molecule has 0 spiro atoms. The molecule has 2 heterocycles. The highest BCUT2D eigenvalue weighted by Gasteiger charge is 2.15. The van der Waals surface area contributed by atoms with Crippen molar-refractivity contribution in [2.45, 2.75) is 26.3 Å². The highest BCUT2D eigenvalue weighted by atomic mass is 15.3. The monoisotopic (exact) mass is 245 g/mol. The molecule has 96 valence electrons. The molecule has 18 heavy (non-hydrogen) atoms. The Morgan fingerprint density at radius 2 is 2.28 bits per heavy atom. The maximum absolute atomic E-state index is 4.29. The molecule has 0 aliphatic heterocycles. The largest absolute Gasteiger partial charge is 0.310 e. The predicted octanol–water partition coefficient (Wildman–Crippen LogP) is 1.41. The van der Waals surface area contributed by atoms with Crippen LogP contribution in [0.3, 0.4) is 0 Å². The van der Waals surface area contributed by atoms with Gasteiger partial charge in [-0.3, -0.25) is 9.67 Å². The fourth-order valence-electron chi connectivity index (χ4n) is 2.10. The van der Waals surface area contributed by atoms with Gasteiger partial charge in [-0.1, -0.05) is 6.92 Å². The molecule has 2 rings (SSSR count). The number of hydrogen-bond donors (Lipinski definition) is 1. The maximum Gasteiger partial charge on any atom is 0.138 e. The van der Waals surface area contributed by atoms with E-state index in [-0.39, 0.29) is 6.04 Å². The van der Waals surface area contributed by atoms with E-state index in [1.54, 1.807) is 6.33 Å². The van der Waals surface area contributed by atoms with Gasteiger partial charge in [0.05, 0.1) is 0 Å². The van der Waals surface area contributed by atoms with Crippen molar-refractivity contribution in [1.82, 2.24) is 25.1 Å². The van der Waals surface area contributed by atoms with Crippen LogP contribution in [-0.4, -0.2) is 26.3 Å². The lowest BCUT2D eigenvalue weighted by atomic mass is 10.0. The zero-order valence-corrected chi connectivity index (χ0v) is 11.1. The first-order chi connectivity index (χ1) is 8.72. The average molecular weight is 245 g/mol. The quantitative estimate of drug-likeness (QED) is 0.865. The number of rotatable bonds is 5. The lowest BCUT2D eigenvalue weighted by Gasteiger charge is -2.19. The van der Waals surface area contributed by atoms with Gasteiger partial charge in [-0.2, -0.15) is 5.10 Å². The molecule has 0 saturated heterocycles. The van der Waals surface area contributed by atoms with Crippen molar-refractivity contribution in [2.75, 3.05) is 6.54 Å². The van der Waals surface area contributed by atoms with E-state index in [4.69, 9.17) is 0 Å². The zero-order chi connectivity index (χ0) is 13.0. The van der Waals surface area contributed by atoms with Crippen LogP contribution in [0.1, 0.15) is 29.9 Å². The molecule has 2 aromatic heterocycles. The first-order valence-electron chi connectivity index (χ1n) is 6.19. The minimum absolute atomic E-state index is 0.251. The van der Waals surface area contributed by atoms with Crippen molar-refractivity contribution < 1.29 is 0 Å². The molecule has 0 aliphatic carbocycles. The standard InChI is InChI=1S/C13H19N5/c1-4-15-12(7-13-16-9-17-18(13)3)11-5-6-14-8-10(11)2/h5-6,8-9,12,15H,4,7H2,1-3H3. The van der Waals surface area contributed by atoms with E-state index in [0.717, 1.165) is 18.8 Å². The third kappa shape index (κ3) is 2.73. The fraction of sp³-hybridized carbons (Fsp3) is 0.462. The molecule has 5 heteroatoms. The number of aryl methyl sites for hydroxylation is 2. The molecule has 0 bridgehead atoms. The number of likely N-dealkylation sites (N-methyl/N-ethyl adjacent to an activating group) is 1. The molecule has 0 aliphatic rings. The average Bonchev–Trinajstić information content (AvgIpc) is 2.75. The minimum atomic E-state index is 0.251. The van der Waals surface area contributed by atoms with Crippen LogP contribution >= 0.6 is 0 Å². The van der Waals surface area contributed by atoms with Crippen LogP contribution in [0.2, 0.25) is 0 Å². The van der Waals surface area contributed by atoms with Crippen molar-refractivity contribution in [3.05, 3.63) is 41.7 Å². The summed E-state index contributed by atoms with van der Waals surface area (Å²) in [4.78, 5) is 8.43. The predicted molar refractivity (Wildman–Crippen MR) is 70.1 cm³/mol. The SMILES string of the molecule is CCNC(Cc1ncnn1C)c1ccncc1C. The summed E-state index contributed by atoms with van der Waals surface area (Å²) in [6.45, 7) is 5.12. The summed E-state index contributed by atoms with van der Waals surface area (Å²) in [6.07, 6.45) is 6.16. The van der Waals surface area contributed by atoms with Crippen molar-refractivity contribution in [3.63, 3.8) is 0 Å². The van der Waals surface area contributed by atoms with Gasteiger partial charge in [0, 0.05) is 31.9 Å². The van der Waals surface area contributed by atoms with Crippen LogP contribution in [0.25, 0.3) is 0 Å². The number of nitrogens with zero attached hydrogens (tertiary/aromatic N) is 4. The first-order valence-corrected chi connectivity index (χ1v) is 6.19. The van der Waals surface area contributed by atoms with Crippen molar-refractivity contribution in [3.8, 4) is 0 Å². The molecule has 0 fully saturated rings. The molecule has 2 aromatic rings. The van der Waals surface area contributed by atoms with Gasteiger partial charge >= 0.3 is 0 Å². The smallest absolute Gasteiger partial charge is 0.138 e. The number of pyridine rings is 1. The second-order valence-corrected chi connectivity index (χ2v) is 4.35. The topological polar surface area (TPSA) is 55.6 Å². The molecule has 5 nitrogen and oxygen atoms in total. The van der Waals surface area contributed by atoms with E-state index in [9.17, 15) is 0 Å². The van der Waals surface area contributed by atoms with Crippen LogP contribution in [-0.2, 0) is 13.5 Å². The van der Waals surface area contributed by atoms with E-state index in [0.29, 0.717) is 0 Å². The summed E-state index contributed by atoms with van der Waals surface area (Å²) >= 11 is 0. The highest BCUT2D eigenvalue weighted by molar-refractivity contribution is 5.26. The summed E-state index contributed by atoms with van der Waals surface area (Å²) < 4.78 is 1.82. The summed E-state index contributed by atoms with van der Waals surface area (Å²) in [5.74, 6) is 0.983. The second-order valence-electron chi connectivity index (χ2n) is 4.35. The lowest BCUT2D eigenvalue weighted by molar-refractivity contribution is 0.519. The molecular formula is C13H19N5. The van der Waals surface area contributed by atoms with Crippen molar-refractivity contribution in [1.29, 1.82) is 0 Å². The Hall–Kier alpha value is -1.75. The first kappa shape index (κ1) is 12.7. The summed E-state index contributed by atoms with van der Waals surface area (Å²) in [7, 11) is 1.92.